The van der Waals surface area contributed by atoms with Gasteiger partial charge in [-0.05, 0) is 18.2 Å². The maximum atomic E-state index is 5.62. The lowest BCUT2D eigenvalue weighted by molar-refractivity contribution is -0.202. The molecule has 86 valence electrons. The first-order valence-electron chi connectivity index (χ1n) is 5.45. The van der Waals surface area contributed by atoms with Gasteiger partial charge >= 0.3 is 0 Å². The molecule has 0 unspecified atom stereocenters. The van der Waals surface area contributed by atoms with E-state index in [1.54, 1.807) is 0 Å². The van der Waals surface area contributed by atoms with Crippen LogP contribution in [0.15, 0.2) is 18.2 Å². The molecule has 0 amide bonds. The van der Waals surface area contributed by atoms with Crippen LogP contribution in [-0.2, 0) is 9.47 Å². The summed E-state index contributed by atoms with van der Waals surface area (Å²) in [4.78, 5) is 0. The molecule has 16 heavy (non-hydrogen) atoms. The number of hydrogen-bond donors (Lipinski definition) is 0. The maximum absolute atomic E-state index is 5.62. The van der Waals surface area contributed by atoms with Crippen molar-refractivity contribution in [2.45, 2.75) is 13.2 Å². The molecular weight excluding hydrogens is 208 g/mol. The second-order valence-electron chi connectivity index (χ2n) is 4.22. The van der Waals surface area contributed by atoms with Crippen LogP contribution in [0.2, 0.25) is 0 Å². The van der Waals surface area contributed by atoms with E-state index in [2.05, 4.69) is 6.92 Å². The SMILES string of the molecule is CC1COC(c2ccc3c(c2)OCO3)OC1. The molecule has 3 rings (SSSR count). The molecule has 1 aromatic rings. The molecule has 0 atom stereocenters. The largest absolute Gasteiger partial charge is 0.454 e. The fourth-order valence-electron chi connectivity index (χ4n) is 1.85. The van der Waals surface area contributed by atoms with Gasteiger partial charge in [0.05, 0.1) is 13.2 Å². The average molecular weight is 222 g/mol. The predicted molar refractivity (Wildman–Crippen MR) is 56.4 cm³/mol. The highest BCUT2D eigenvalue weighted by Gasteiger charge is 2.23. The van der Waals surface area contributed by atoms with Crippen LogP contribution < -0.4 is 9.47 Å². The summed E-state index contributed by atoms with van der Waals surface area (Å²) in [6.45, 7) is 3.87. The van der Waals surface area contributed by atoms with Crippen molar-refractivity contribution in [2.75, 3.05) is 20.0 Å². The Hall–Kier alpha value is -1.26. The summed E-state index contributed by atoms with van der Waals surface area (Å²) in [5, 5.41) is 0. The summed E-state index contributed by atoms with van der Waals surface area (Å²) in [5.41, 5.74) is 0.983. The minimum Gasteiger partial charge on any atom is -0.454 e. The molecule has 1 saturated heterocycles. The number of ether oxygens (including phenoxy) is 4. The van der Waals surface area contributed by atoms with Crippen molar-refractivity contribution in [3.63, 3.8) is 0 Å². The van der Waals surface area contributed by atoms with E-state index in [-0.39, 0.29) is 6.29 Å². The summed E-state index contributed by atoms with van der Waals surface area (Å²) < 4.78 is 21.8. The van der Waals surface area contributed by atoms with Gasteiger partial charge < -0.3 is 18.9 Å². The Bertz CT molecular complexity index is 383. The van der Waals surface area contributed by atoms with E-state index in [0.717, 1.165) is 30.3 Å². The minimum atomic E-state index is -0.273. The minimum absolute atomic E-state index is 0.273. The zero-order chi connectivity index (χ0) is 11.0. The van der Waals surface area contributed by atoms with E-state index in [9.17, 15) is 0 Å². The van der Waals surface area contributed by atoms with Crippen LogP contribution in [0.1, 0.15) is 18.8 Å². The summed E-state index contributed by atoms with van der Waals surface area (Å²) in [6, 6.07) is 5.76. The summed E-state index contributed by atoms with van der Waals surface area (Å²) in [5.74, 6) is 2.02. The van der Waals surface area contributed by atoms with Crippen LogP contribution in [0.3, 0.4) is 0 Å². The average Bonchev–Trinajstić information content (AvgIpc) is 2.77. The Morgan fingerprint density at radius 1 is 1.06 bits per heavy atom. The fourth-order valence-corrected chi connectivity index (χ4v) is 1.85. The van der Waals surface area contributed by atoms with Gasteiger partial charge in [0.1, 0.15) is 0 Å². The van der Waals surface area contributed by atoms with Crippen LogP contribution in [-0.4, -0.2) is 20.0 Å². The second-order valence-corrected chi connectivity index (χ2v) is 4.22. The number of rotatable bonds is 1. The molecule has 0 aliphatic carbocycles. The van der Waals surface area contributed by atoms with Crippen molar-refractivity contribution in [2.24, 2.45) is 5.92 Å². The highest BCUT2D eigenvalue weighted by atomic mass is 16.7. The third kappa shape index (κ3) is 1.74. The molecule has 2 aliphatic rings. The van der Waals surface area contributed by atoms with E-state index in [4.69, 9.17) is 18.9 Å². The van der Waals surface area contributed by atoms with Crippen molar-refractivity contribution in [3.8, 4) is 11.5 Å². The molecule has 4 heteroatoms. The molecular formula is C12H14O4. The van der Waals surface area contributed by atoms with Crippen molar-refractivity contribution < 1.29 is 18.9 Å². The van der Waals surface area contributed by atoms with Gasteiger partial charge in [-0.15, -0.1) is 0 Å². The number of benzene rings is 1. The molecule has 4 nitrogen and oxygen atoms in total. The van der Waals surface area contributed by atoms with Gasteiger partial charge in [0.15, 0.2) is 17.8 Å². The monoisotopic (exact) mass is 222 g/mol. The van der Waals surface area contributed by atoms with E-state index >= 15 is 0 Å². The fraction of sp³-hybridized carbons (Fsp3) is 0.500. The van der Waals surface area contributed by atoms with Crippen molar-refractivity contribution in [1.82, 2.24) is 0 Å². The van der Waals surface area contributed by atoms with Gasteiger partial charge in [-0.3, -0.25) is 0 Å². The Morgan fingerprint density at radius 2 is 1.81 bits per heavy atom. The molecule has 0 radical (unpaired) electrons. The summed E-state index contributed by atoms with van der Waals surface area (Å²) in [7, 11) is 0. The highest BCUT2D eigenvalue weighted by molar-refractivity contribution is 5.44. The van der Waals surface area contributed by atoms with Crippen LogP contribution in [0.25, 0.3) is 0 Å². The van der Waals surface area contributed by atoms with Crippen molar-refractivity contribution in [3.05, 3.63) is 23.8 Å². The van der Waals surface area contributed by atoms with E-state index in [1.165, 1.54) is 0 Å². The first-order chi connectivity index (χ1) is 7.83. The third-order valence-corrected chi connectivity index (χ3v) is 2.73. The first kappa shape index (κ1) is 9.93. The van der Waals surface area contributed by atoms with Gasteiger partial charge in [-0.25, -0.2) is 0 Å². The molecule has 1 aromatic carbocycles. The number of hydrogen-bond acceptors (Lipinski definition) is 4. The lowest BCUT2D eigenvalue weighted by Gasteiger charge is -2.27. The van der Waals surface area contributed by atoms with Crippen LogP contribution >= 0.6 is 0 Å². The van der Waals surface area contributed by atoms with Crippen LogP contribution in [0.5, 0.6) is 11.5 Å². The highest BCUT2D eigenvalue weighted by Crippen LogP contribution is 2.36. The Kier molecular flexibility index (Phi) is 2.46. The second kappa shape index (κ2) is 3.96. The van der Waals surface area contributed by atoms with Crippen LogP contribution in [0.4, 0.5) is 0 Å². The van der Waals surface area contributed by atoms with Gasteiger partial charge in [-0.2, -0.15) is 0 Å². The molecule has 1 fully saturated rings. The molecule has 0 bridgehead atoms. The maximum Gasteiger partial charge on any atom is 0.231 e. The molecule has 0 spiro atoms. The van der Waals surface area contributed by atoms with E-state index < -0.39 is 0 Å². The standard InChI is InChI=1S/C12H14O4/c1-8-5-13-12(14-6-8)9-2-3-10-11(4-9)16-7-15-10/h2-4,8,12H,5-7H2,1H3. The van der Waals surface area contributed by atoms with Crippen molar-refractivity contribution >= 4 is 0 Å². The molecule has 2 aliphatic heterocycles. The van der Waals surface area contributed by atoms with E-state index in [0.29, 0.717) is 12.7 Å². The van der Waals surface area contributed by atoms with Gasteiger partial charge in [0.2, 0.25) is 6.79 Å². The molecule has 0 saturated carbocycles. The molecule has 0 N–H and O–H groups in total. The van der Waals surface area contributed by atoms with Crippen molar-refractivity contribution in [1.29, 1.82) is 0 Å². The third-order valence-electron chi connectivity index (χ3n) is 2.73. The summed E-state index contributed by atoms with van der Waals surface area (Å²) >= 11 is 0. The van der Waals surface area contributed by atoms with Gasteiger partial charge in [0, 0.05) is 11.5 Å². The number of fused-ring (bicyclic) bond motifs is 1. The lowest BCUT2D eigenvalue weighted by Crippen LogP contribution is -2.24. The smallest absolute Gasteiger partial charge is 0.231 e. The Balaban J connectivity index is 1.79. The van der Waals surface area contributed by atoms with Gasteiger partial charge in [-0.1, -0.05) is 6.92 Å². The first-order valence-corrected chi connectivity index (χ1v) is 5.45. The topological polar surface area (TPSA) is 36.9 Å². The summed E-state index contributed by atoms with van der Waals surface area (Å²) in [6.07, 6.45) is -0.273. The van der Waals surface area contributed by atoms with E-state index in [1.807, 2.05) is 18.2 Å². The van der Waals surface area contributed by atoms with Gasteiger partial charge in [0.25, 0.3) is 0 Å². The Labute approximate surface area is 94.1 Å². The predicted octanol–water partition coefficient (Wildman–Crippen LogP) is 2.10. The quantitative estimate of drug-likeness (QED) is 0.729. The zero-order valence-electron chi connectivity index (χ0n) is 9.14. The van der Waals surface area contributed by atoms with Crippen LogP contribution in [0, 0.1) is 5.92 Å². The molecule has 0 aromatic heterocycles. The lowest BCUT2D eigenvalue weighted by atomic mass is 10.1. The Morgan fingerprint density at radius 3 is 2.62 bits per heavy atom. The normalized spacial score (nSPS) is 28.1. The zero-order valence-corrected chi connectivity index (χ0v) is 9.14. The molecule has 2 heterocycles.